The maximum Gasteiger partial charge on any atom is 0.321 e. The minimum Gasteiger partial charge on any atom is -0.489 e. The number of halogens is 1. The Morgan fingerprint density at radius 2 is 2.10 bits per heavy atom. The Morgan fingerprint density at radius 1 is 1.43 bits per heavy atom. The molecule has 1 rings (SSSR count). The number of benzene rings is 1. The van der Waals surface area contributed by atoms with Gasteiger partial charge in [-0.15, -0.1) is 0 Å². The van der Waals surface area contributed by atoms with Crippen molar-refractivity contribution in [1.29, 1.82) is 0 Å². The van der Waals surface area contributed by atoms with Crippen molar-refractivity contribution in [2.75, 3.05) is 32.2 Å². The molecule has 0 heterocycles. The highest BCUT2D eigenvalue weighted by molar-refractivity contribution is 5.91. The number of carbonyl (C=O) groups is 2. The Labute approximate surface area is 122 Å². The number of para-hydroxylation sites is 2. The topological polar surface area (TPSA) is 78.9 Å². The quantitative estimate of drug-likeness (QED) is 0.809. The Kier molecular flexibility index (Phi) is 6.45. The summed E-state index contributed by atoms with van der Waals surface area (Å²) in [6.45, 7) is 0.871. The molecule has 0 spiro atoms. The van der Waals surface area contributed by atoms with Crippen molar-refractivity contribution in [2.45, 2.75) is 6.92 Å². The lowest BCUT2D eigenvalue weighted by molar-refractivity contribution is -0.141. The molecule has 0 aliphatic rings. The zero-order valence-corrected chi connectivity index (χ0v) is 12.0. The van der Waals surface area contributed by atoms with E-state index < -0.39 is 24.6 Å². The standard InChI is InChI=1S/C14H19FN2O4/c1-10(13(18)19)9-17(2)14(20)16-11-5-3-4-6-12(11)21-8-7-15/h3-6,10H,7-9H2,1-2H3,(H,16,20)(H,18,19). The fourth-order valence-corrected chi connectivity index (χ4v) is 1.63. The number of nitrogens with zero attached hydrogens (tertiary/aromatic N) is 1. The molecule has 0 fully saturated rings. The van der Waals surface area contributed by atoms with Gasteiger partial charge in [-0.05, 0) is 12.1 Å². The van der Waals surface area contributed by atoms with Gasteiger partial charge in [0, 0.05) is 13.6 Å². The summed E-state index contributed by atoms with van der Waals surface area (Å²) in [6.07, 6.45) is 0. The normalized spacial score (nSPS) is 11.6. The predicted octanol–water partition coefficient (Wildman–Crippen LogP) is 2.22. The number of anilines is 1. The second-order valence-corrected chi connectivity index (χ2v) is 4.58. The van der Waals surface area contributed by atoms with E-state index >= 15 is 0 Å². The number of hydrogen-bond acceptors (Lipinski definition) is 3. The Balaban J connectivity index is 2.67. The largest absolute Gasteiger partial charge is 0.489 e. The summed E-state index contributed by atoms with van der Waals surface area (Å²) in [5.74, 6) is -1.27. The van der Waals surface area contributed by atoms with Crippen LogP contribution in [0.5, 0.6) is 5.75 Å². The van der Waals surface area contributed by atoms with Crippen molar-refractivity contribution >= 4 is 17.7 Å². The number of hydrogen-bond donors (Lipinski definition) is 2. The summed E-state index contributed by atoms with van der Waals surface area (Å²) >= 11 is 0. The van der Waals surface area contributed by atoms with Gasteiger partial charge in [0.05, 0.1) is 11.6 Å². The SMILES string of the molecule is CC(CN(C)C(=O)Nc1ccccc1OCCF)C(=O)O. The molecule has 21 heavy (non-hydrogen) atoms. The fraction of sp³-hybridized carbons (Fsp3) is 0.429. The molecule has 0 bridgehead atoms. The number of urea groups is 1. The van der Waals surface area contributed by atoms with Crippen LogP contribution in [0, 0.1) is 5.92 Å². The Bertz CT molecular complexity index is 496. The lowest BCUT2D eigenvalue weighted by Gasteiger charge is -2.21. The highest BCUT2D eigenvalue weighted by Crippen LogP contribution is 2.24. The molecule has 2 N–H and O–H groups in total. The van der Waals surface area contributed by atoms with Gasteiger partial charge in [-0.25, -0.2) is 9.18 Å². The first-order valence-electron chi connectivity index (χ1n) is 6.48. The van der Waals surface area contributed by atoms with E-state index in [4.69, 9.17) is 9.84 Å². The minimum atomic E-state index is -0.971. The summed E-state index contributed by atoms with van der Waals surface area (Å²) in [6, 6.07) is 6.20. The molecule has 0 aliphatic carbocycles. The average Bonchev–Trinajstić information content (AvgIpc) is 2.46. The number of aliphatic carboxylic acids is 1. The second kappa shape index (κ2) is 8.08. The Hall–Kier alpha value is -2.31. The maximum atomic E-state index is 12.1. The number of rotatable bonds is 7. The number of carboxylic acid groups (broad SMARTS) is 1. The van der Waals surface area contributed by atoms with Crippen LogP contribution in [0.25, 0.3) is 0 Å². The van der Waals surface area contributed by atoms with Gasteiger partial charge < -0.3 is 20.1 Å². The van der Waals surface area contributed by atoms with Crippen LogP contribution in [-0.2, 0) is 4.79 Å². The van der Waals surface area contributed by atoms with Gasteiger partial charge in [0.25, 0.3) is 0 Å². The van der Waals surface area contributed by atoms with Crippen molar-refractivity contribution < 1.29 is 23.8 Å². The van der Waals surface area contributed by atoms with Crippen molar-refractivity contribution in [1.82, 2.24) is 4.90 Å². The predicted molar refractivity (Wildman–Crippen MR) is 76.4 cm³/mol. The summed E-state index contributed by atoms with van der Waals surface area (Å²) < 4.78 is 17.3. The third-order valence-electron chi connectivity index (χ3n) is 2.78. The zero-order valence-electron chi connectivity index (χ0n) is 12.0. The highest BCUT2D eigenvalue weighted by Gasteiger charge is 2.18. The zero-order chi connectivity index (χ0) is 15.8. The van der Waals surface area contributed by atoms with Gasteiger partial charge in [0.1, 0.15) is 19.0 Å². The molecule has 0 saturated heterocycles. The number of ether oxygens (including phenoxy) is 1. The van der Waals surface area contributed by atoms with Crippen LogP contribution >= 0.6 is 0 Å². The number of carbonyl (C=O) groups excluding carboxylic acids is 1. The minimum absolute atomic E-state index is 0.0780. The molecule has 0 saturated carbocycles. The van der Waals surface area contributed by atoms with Crippen LogP contribution in [-0.4, -0.2) is 48.9 Å². The molecule has 6 nitrogen and oxygen atoms in total. The van der Waals surface area contributed by atoms with Crippen LogP contribution in [0.3, 0.4) is 0 Å². The van der Waals surface area contributed by atoms with Crippen LogP contribution in [0.15, 0.2) is 24.3 Å². The number of carboxylic acids is 1. The fourth-order valence-electron chi connectivity index (χ4n) is 1.63. The molecular formula is C14H19FN2O4. The first kappa shape index (κ1) is 16.7. The monoisotopic (exact) mass is 298 g/mol. The summed E-state index contributed by atoms with van der Waals surface area (Å²) in [5.41, 5.74) is 0.408. The van der Waals surface area contributed by atoms with Crippen LogP contribution < -0.4 is 10.1 Å². The van der Waals surface area contributed by atoms with E-state index in [1.165, 1.54) is 18.9 Å². The van der Waals surface area contributed by atoms with Gasteiger partial charge in [0.15, 0.2) is 0 Å². The van der Waals surface area contributed by atoms with Gasteiger partial charge >= 0.3 is 12.0 Å². The van der Waals surface area contributed by atoms with E-state index in [9.17, 15) is 14.0 Å². The lowest BCUT2D eigenvalue weighted by Crippen LogP contribution is -2.36. The van der Waals surface area contributed by atoms with E-state index in [2.05, 4.69) is 5.32 Å². The van der Waals surface area contributed by atoms with Crippen molar-refractivity contribution in [3.8, 4) is 5.75 Å². The van der Waals surface area contributed by atoms with E-state index in [1.807, 2.05) is 0 Å². The first-order chi connectivity index (χ1) is 9.95. The first-order valence-corrected chi connectivity index (χ1v) is 6.48. The van der Waals surface area contributed by atoms with Gasteiger partial charge in [0.2, 0.25) is 0 Å². The van der Waals surface area contributed by atoms with Crippen LogP contribution in [0.4, 0.5) is 14.9 Å². The summed E-state index contributed by atoms with van der Waals surface area (Å²) in [7, 11) is 1.50. The maximum absolute atomic E-state index is 12.1. The molecular weight excluding hydrogens is 279 g/mol. The molecule has 0 radical (unpaired) electrons. The van der Waals surface area contributed by atoms with Crippen LogP contribution in [0.2, 0.25) is 0 Å². The highest BCUT2D eigenvalue weighted by atomic mass is 19.1. The molecule has 1 aromatic rings. The number of alkyl halides is 1. The third-order valence-corrected chi connectivity index (χ3v) is 2.78. The van der Waals surface area contributed by atoms with Crippen molar-refractivity contribution in [3.63, 3.8) is 0 Å². The summed E-state index contributed by atoms with van der Waals surface area (Å²) in [5, 5.41) is 11.4. The molecule has 0 aliphatic heterocycles. The smallest absolute Gasteiger partial charge is 0.321 e. The van der Waals surface area contributed by atoms with Crippen LogP contribution in [0.1, 0.15) is 6.92 Å². The molecule has 0 aromatic heterocycles. The van der Waals surface area contributed by atoms with Gasteiger partial charge in [-0.3, -0.25) is 4.79 Å². The van der Waals surface area contributed by atoms with E-state index in [0.717, 1.165) is 0 Å². The molecule has 116 valence electrons. The van der Waals surface area contributed by atoms with E-state index in [1.54, 1.807) is 24.3 Å². The van der Waals surface area contributed by atoms with Crippen molar-refractivity contribution in [3.05, 3.63) is 24.3 Å². The molecule has 1 unspecified atom stereocenters. The third kappa shape index (κ3) is 5.29. The van der Waals surface area contributed by atoms with Gasteiger partial charge in [-0.1, -0.05) is 19.1 Å². The summed E-state index contributed by atoms with van der Waals surface area (Å²) in [4.78, 5) is 24.0. The second-order valence-electron chi connectivity index (χ2n) is 4.58. The number of nitrogens with one attached hydrogen (secondary N) is 1. The van der Waals surface area contributed by atoms with Crippen molar-refractivity contribution in [2.24, 2.45) is 5.92 Å². The van der Waals surface area contributed by atoms with E-state index in [-0.39, 0.29) is 13.2 Å². The lowest BCUT2D eigenvalue weighted by atomic mass is 10.2. The molecule has 1 atom stereocenters. The molecule has 7 heteroatoms. The van der Waals surface area contributed by atoms with E-state index in [0.29, 0.717) is 11.4 Å². The Morgan fingerprint density at radius 3 is 2.71 bits per heavy atom. The molecule has 1 aromatic carbocycles. The number of amides is 2. The average molecular weight is 298 g/mol. The van der Waals surface area contributed by atoms with Gasteiger partial charge in [-0.2, -0.15) is 0 Å². The molecule has 2 amide bonds.